The number of hydrogen-bond donors (Lipinski definition) is 2. The Hall–Kier alpha value is -0.830. The van der Waals surface area contributed by atoms with Crippen LogP contribution in [0.3, 0.4) is 0 Å². The van der Waals surface area contributed by atoms with Crippen LogP contribution in [0.4, 0.5) is 5.69 Å². The van der Waals surface area contributed by atoms with Gasteiger partial charge in [0.25, 0.3) is 0 Å². The van der Waals surface area contributed by atoms with Crippen molar-refractivity contribution in [2.75, 3.05) is 17.2 Å². The van der Waals surface area contributed by atoms with Gasteiger partial charge in [0.1, 0.15) is 0 Å². The molecule has 3 N–H and O–H groups in total. The molecule has 9 heteroatoms. The molecule has 1 aliphatic rings. The number of nitrogens with one attached hydrogen (secondary N) is 1. The number of benzene rings is 1. The minimum atomic E-state index is -3.82. The number of nitrogens with two attached hydrogens (primary N) is 1. The average molecular weight is 339 g/mol. The lowest BCUT2D eigenvalue weighted by Crippen LogP contribution is -2.35. The van der Waals surface area contributed by atoms with E-state index >= 15 is 0 Å². The van der Waals surface area contributed by atoms with Gasteiger partial charge in [0, 0.05) is 6.04 Å². The van der Waals surface area contributed by atoms with E-state index in [2.05, 4.69) is 4.72 Å². The van der Waals surface area contributed by atoms with Crippen molar-refractivity contribution in [3.05, 3.63) is 22.7 Å². The summed E-state index contributed by atoms with van der Waals surface area (Å²) in [5, 5.41) is 0.282. The van der Waals surface area contributed by atoms with Crippen LogP contribution in [0.5, 0.6) is 0 Å². The Kier molecular flexibility index (Phi) is 4.03. The standard InChI is InChI=1S/C11H15ClN2O4S2/c1-7-4-9(12)10(13)5-11(7)20(17,18)14-8-2-3-19(15,16)6-8/h4-5,8,14H,2-3,6,13H2,1H3. The Morgan fingerprint density at radius 1 is 1.40 bits per heavy atom. The van der Waals surface area contributed by atoms with E-state index in [-0.39, 0.29) is 33.5 Å². The van der Waals surface area contributed by atoms with Crippen LogP contribution in [0, 0.1) is 6.92 Å². The quantitative estimate of drug-likeness (QED) is 0.789. The van der Waals surface area contributed by atoms with Gasteiger partial charge >= 0.3 is 0 Å². The van der Waals surface area contributed by atoms with Crippen LogP contribution in [0.25, 0.3) is 0 Å². The van der Waals surface area contributed by atoms with Crippen LogP contribution in [0.2, 0.25) is 5.02 Å². The van der Waals surface area contributed by atoms with Crippen molar-refractivity contribution in [3.8, 4) is 0 Å². The second-order valence-corrected chi connectivity index (χ2v) is 9.18. The molecule has 1 aromatic carbocycles. The lowest BCUT2D eigenvalue weighted by molar-refractivity contribution is 0.562. The maximum atomic E-state index is 12.3. The van der Waals surface area contributed by atoms with Crippen LogP contribution in [-0.4, -0.2) is 34.4 Å². The third-order valence-electron chi connectivity index (χ3n) is 3.14. The zero-order valence-corrected chi connectivity index (χ0v) is 13.1. The smallest absolute Gasteiger partial charge is 0.241 e. The molecule has 0 spiro atoms. The first-order valence-corrected chi connectivity index (χ1v) is 9.57. The highest BCUT2D eigenvalue weighted by molar-refractivity contribution is 7.92. The molecule has 1 fully saturated rings. The summed E-state index contributed by atoms with van der Waals surface area (Å²) in [4.78, 5) is 0.0173. The van der Waals surface area contributed by atoms with E-state index < -0.39 is 25.9 Å². The van der Waals surface area contributed by atoms with E-state index in [1.807, 2.05) is 0 Å². The molecule has 112 valence electrons. The predicted molar refractivity (Wildman–Crippen MR) is 78.0 cm³/mol. The first kappa shape index (κ1) is 15.6. The zero-order valence-electron chi connectivity index (χ0n) is 10.8. The van der Waals surface area contributed by atoms with Crippen molar-refractivity contribution in [2.24, 2.45) is 0 Å². The number of nitrogen functional groups attached to an aromatic ring is 1. The second-order valence-electron chi connectivity index (χ2n) is 4.86. The number of rotatable bonds is 3. The van der Waals surface area contributed by atoms with Crippen molar-refractivity contribution < 1.29 is 16.8 Å². The van der Waals surface area contributed by atoms with Crippen LogP contribution in [0.15, 0.2) is 17.0 Å². The summed E-state index contributed by atoms with van der Waals surface area (Å²) in [6.07, 6.45) is 0.281. The Labute approximate surface area is 123 Å². The highest BCUT2D eigenvalue weighted by Gasteiger charge is 2.32. The minimum absolute atomic E-state index is 0.00191. The van der Waals surface area contributed by atoms with Crippen molar-refractivity contribution in [1.29, 1.82) is 0 Å². The van der Waals surface area contributed by atoms with Gasteiger partial charge in [0.15, 0.2) is 9.84 Å². The van der Waals surface area contributed by atoms with E-state index in [0.717, 1.165) is 0 Å². The minimum Gasteiger partial charge on any atom is -0.397 e. The van der Waals surface area contributed by atoms with E-state index in [1.165, 1.54) is 12.1 Å². The highest BCUT2D eigenvalue weighted by Crippen LogP contribution is 2.26. The van der Waals surface area contributed by atoms with Crippen molar-refractivity contribution in [1.82, 2.24) is 4.72 Å². The molecule has 0 bridgehead atoms. The molecule has 1 aliphatic heterocycles. The average Bonchev–Trinajstić information content (AvgIpc) is 2.62. The number of sulfone groups is 1. The Balaban J connectivity index is 2.30. The Morgan fingerprint density at radius 2 is 2.05 bits per heavy atom. The van der Waals surface area contributed by atoms with E-state index in [1.54, 1.807) is 6.92 Å². The summed E-state index contributed by atoms with van der Waals surface area (Å²) in [6, 6.07) is 2.15. The van der Waals surface area contributed by atoms with Gasteiger partial charge in [0.05, 0.1) is 27.1 Å². The van der Waals surface area contributed by atoms with Crippen LogP contribution in [-0.2, 0) is 19.9 Å². The first-order chi connectivity index (χ1) is 9.11. The van der Waals surface area contributed by atoms with Gasteiger partial charge in [-0.25, -0.2) is 21.6 Å². The topological polar surface area (TPSA) is 106 Å². The molecule has 6 nitrogen and oxygen atoms in total. The van der Waals surface area contributed by atoms with Gasteiger partial charge in [-0.3, -0.25) is 0 Å². The zero-order chi connectivity index (χ0) is 15.1. The van der Waals surface area contributed by atoms with E-state index in [0.29, 0.717) is 5.56 Å². The number of aryl methyl sites for hydroxylation is 1. The number of sulfonamides is 1. The fourth-order valence-electron chi connectivity index (χ4n) is 2.13. The molecule has 1 saturated heterocycles. The molecule has 20 heavy (non-hydrogen) atoms. The van der Waals surface area contributed by atoms with Crippen molar-refractivity contribution in [3.63, 3.8) is 0 Å². The van der Waals surface area contributed by atoms with Crippen LogP contribution in [0.1, 0.15) is 12.0 Å². The lowest BCUT2D eigenvalue weighted by Gasteiger charge is -2.14. The van der Waals surface area contributed by atoms with Gasteiger partial charge in [-0.15, -0.1) is 0 Å². The summed E-state index contributed by atoms with van der Waals surface area (Å²) < 4.78 is 49.7. The molecule has 0 saturated carbocycles. The molecule has 1 unspecified atom stereocenters. The SMILES string of the molecule is Cc1cc(Cl)c(N)cc1S(=O)(=O)NC1CCS(=O)(=O)C1. The first-order valence-electron chi connectivity index (χ1n) is 5.89. The Bertz CT molecular complexity index is 744. The molecular weight excluding hydrogens is 324 g/mol. The molecule has 1 atom stereocenters. The monoisotopic (exact) mass is 338 g/mol. The van der Waals surface area contributed by atoms with Gasteiger partial charge in [-0.05, 0) is 31.0 Å². The van der Waals surface area contributed by atoms with Gasteiger partial charge in [-0.1, -0.05) is 11.6 Å². The summed E-state index contributed by atoms with van der Waals surface area (Å²) in [6.45, 7) is 1.60. The van der Waals surface area contributed by atoms with Crippen LogP contribution >= 0.6 is 11.6 Å². The maximum absolute atomic E-state index is 12.3. The lowest BCUT2D eigenvalue weighted by atomic mass is 10.2. The van der Waals surface area contributed by atoms with Crippen molar-refractivity contribution >= 4 is 37.1 Å². The predicted octanol–water partition coefficient (Wildman–Crippen LogP) is 0.696. The normalized spacial score (nSPS) is 22.0. The number of halogens is 1. The molecule has 0 radical (unpaired) electrons. The second kappa shape index (κ2) is 5.18. The molecular formula is C11H15ClN2O4S2. The molecule has 1 aromatic rings. The fraction of sp³-hybridized carbons (Fsp3) is 0.455. The fourth-order valence-corrected chi connectivity index (χ4v) is 5.66. The molecule has 0 amide bonds. The van der Waals surface area contributed by atoms with E-state index in [4.69, 9.17) is 17.3 Å². The van der Waals surface area contributed by atoms with E-state index in [9.17, 15) is 16.8 Å². The van der Waals surface area contributed by atoms with Gasteiger partial charge in [0.2, 0.25) is 10.0 Å². The molecule has 1 heterocycles. The Morgan fingerprint density at radius 3 is 2.60 bits per heavy atom. The number of anilines is 1. The summed E-state index contributed by atoms with van der Waals surface area (Å²) in [5.74, 6) is -0.170. The van der Waals surface area contributed by atoms with Gasteiger partial charge < -0.3 is 5.73 Å². The van der Waals surface area contributed by atoms with Crippen molar-refractivity contribution in [2.45, 2.75) is 24.3 Å². The summed E-state index contributed by atoms with van der Waals surface area (Å²) >= 11 is 5.82. The molecule has 2 rings (SSSR count). The maximum Gasteiger partial charge on any atom is 0.241 e. The third-order valence-corrected chi connectivity index (χ3v) is 6.90. The summed E-state index contributed by atoms with van der Waals surface area (Å²) in [5.41, 5.74) is 6.24. The number of hydrogen-bond acceptors (Lipinski definition) is 5. The highest BCUT2D eigenvalue weighted by atomic mass is 35.5. The summed E-state index contributed by atoms with van der Waals surface area (Å²) in [7, 11) is -6.96. The third kappa shape index (κ3) is 3.25. The van der Waals surface area contributed by atoms with Crippen LogP contribution < -0.4 is 10.5 Å². The molecule has 0 aromatic heterocycles. The van der Waals surface area contributed by atoms with Gasteiger partial charge in [-0.2, -0.15) is 0 Å². The largest absolute Gasteiger partial charge is 0.397 e. The molecule has 0 aliphatic carbocycles.